The minimum absolute atomic E-state index is 0. The van der Waals surface area contributed by atoms with Crippen LogP contribution in [0.3, 0.4) is 0 Å². The number of epoxide rings is 1. The Morgan fingerprint density at radius 2 is 1.69 bits per heavy atom. The summed E-state index contributed by atoms with van der Waals surface area (Å²) in [6.07, 6.45) is 4.09. The number of aliphatic hydroxyl groups is 2. The summed E-state index contributed by atoms with van der Waals surface area (Å²) in [5.74, 6) is -0.561. The van der Waals surface area contributed by atoms with Gasteiger partial charge in [-0.1, -0.05) is 25.5 Å². The number of hydrogen-bond donors (Lipinski definition) is 2. The molecule has 2 bridgehead atoms. The van der Waals surface area contributed by atoms with E-state index in [4.69, 9.17) is 14.6 Å². The highest BCUT2D eigenvalue weighted by Gasteiger charge is 2.71. The van der Waals surface area contributed by atoms with Gasteiger partial charge in [-0.15, -0.1) is 22.7 Å². The minimum Gasteiger partial charge on any atom is -1.00 e. The van der Waals surface area contributed by atoms with Gasteiger partial charge in [0.05, 0.1) is 23.8 Å². The summed E-state index contributed by atoms with van der Waals surface area (Å²) < 4.78 is 12.6. The molecule has 32 heavy (non-hydrogen) atoms. The quantitative estimate of drug-likeness (QED) is 0.306. The largest absolute Gasteiger partial charge is 1.00 e. The van der Waals surface area contributed by atoms with Crippen LogP contribution in [-0.4, -0.2) is 71.8 Å². The number of aliphatic hydroxyl groups excluding tert-OH is 1. The molecule has 2 N–H and O–H groups in total. The zero-order chi connectivity index (χ0) is 22.2. The van der Waals surface area contributed by atoms with Gasteiger partial charge in [0.15, 0.2) is 0 Å². The second kappa shape index (κ2) is 10.2. The molecule has 3 aliphatic rings. The lowest BCUT2D eigenvalue weighted by Gasteiger charge is -2.45. The third-order valence-electron chi connectivity index (χ3n) is 6.87. The molecule has 178 valence electrons. The molecule has 2 aromatic rings. The SMILES string of the molecule is CCCCO.C[N+]1(C)[C@@H]2C[C@@H](OC(=O)C(O)(c3cccs3)c3cccs3)C[C@H]1[C@@H]1O[C@@H]12.[Br-]. The molecule has 0 aromatic carbocycles. The van der Waals surface area contributed by atoms with E-state index in [1.165, 1.54) is 22.7 Å². The highest BCUT2D eigenvalue weighted by Crippen LogP contribution is 2.52. The van der Waals surface area contributed by atoms with Crippen molar-refractivity contribution in [2.45, 2.75) is 68.6 Å². The van der Waals surface area contributed by atoms with Gasteiger partial charge in [-0.3, -0.25) is 0 Å². The number of piperidine rings is 1. The Morgan fingerprint density at radius 3 is 2.06 bits per heavy atom. The Balaban J connectivity index is 0.000000438. The van der Waals surface area contributed by atoms with Gasteiger partial charge in [0, 0.05) is 19.4 Å². The number of rotatable bonds is 6. The van der Waals surface area contributed by atoms with Crippen LogP contribution in [0.25, 0.3) is 0 Å². The topological polar surface area (TPSA) is 79.3 Å². The van der Waals surface area contributed by atoms with Crippen molar-refractivity contribution in [3.05, 3.63) is 44.8 Å². The maximum atomic E-state index is 13.1. The van der Waals surface area contributed by atoms with Crippen molar-refractivity contribution in [3.8, 4) is 0 Å². The van der Waals surface area contributed by atoms with Crippen molar-refractivity contribution in [1.82, 2.24) is 0 Å². The fraction of sp³-hybridized carbons (Fsp3) is 0.609. The highest BCUT2D eigenvalue weighted by molar-refractivity contribution is 7.12. The summed E-state index contributed by atoms with van der Waals surface area (Å²) in [4.78, 5) is 14.3. The number of carbonyl (C=O) groups is 1. The second-order valence-corrected chi connectivity index (χ2v) is 11.0. The summed E-state index contributed by atoms with van der Waals surface area (Å²) in [5.41, 5.74) is -1.72. The summed E-state index contributed by atoms with van der Waals surface area (Å²) in [5, 5.41) is 23.2. The molecular formula is C23H32BrNO5S2. The van der Waals surface area contributed by atoms with Crippen molar-refractivity contribution >= 4 is 28.6 Å². The number of esters is 1. The first-order valence-corrected chi connectivity index (χ1v) is 12.7. The van der Waals surface area contributed by atoms with Crippen LogP contribution >= 0.6 is 22.7 Å². The number of carbonyl (C=O) groups excluding carboxylic acids is 1. The summed E-state index contributed by atoms with van der Waals surface area (Å²) in [6.45, 7) is 2.40. The maximum Gasteiger partial charge on any atom is 0.349 e. The van der Waals surface area contributed by atoms with Gasteiger partial charge in [0.25, 0.3) is 0 Å². The number of thiophene rings is 2. The van der Waals surface area contributed by atoms with Crippen LogP contribution in [-0.2, 0) is 19.9 Å². The Hall–Kier alpha value is -0.810. The Labute approximate surface area is 208 Å². The first-order chi connectivity index (χ1) is 14.8. The van der Waals surface area contributed by atoms with Crippen LogP contribution in [0.15, 0.2) is 35.0 Å². The Kier molecular flexibility index (Phi) is 8.24. The van der Waals surface area contributed by atoms with Crippen molar-refractivity contribution in [2.75, 3.05) is 20.7 Å². The fourth-order valence-electron chi connectivity index (χ4n) is 4.99. The van der Waals surface area contributed by atoms with Gasteiger partial charge < -0.3 is 41.2 Å². The molecule has 5 atom stereocenters. The number of halogens is 1. The lowest BCUT2D eigenvalue weighted by atomic mass is 9.95. The second-order valence-electron chi connectivity index (χ2n) is 9.07. The monoisotopic (exact) mass is 545 g/mol. The van der Waals surface area contributed by atoms with Gasteiger partial charge in [0.2, 0.25) is 5.60 Å². The molecule has 9 heteroatoms. The number of nitrogens with zero attached hydrogens (tertiary/aromatic N) is 1. The third kappa shape index (κ3) is 4.58. The summed E-state index contributed by atoms with van der Waals surface area (Å²) in [7, 11) is 4.49. The molecule has 0 unspecified atom stereocenters. The maximum absolute atomic E-state index is 13.1. The van der Waals surface area contributed by atoms with Crippen LogP contribution in [0.2, 0.25) is 0 Å². The highest BCUT2D eigenvalue weighted by atomic mass is 79.9. The van der Waals surface area contributed by atoms with E-state index in [1.807, 2.05) is 22.9 Å². The zero-order valence-corrected chi connectivity index (χ0v) is 21.9. The van der Waals surface area contributed by atoms with Crippen molar-refractivity contribution in [1.29, 1.82) is 0 Å². The average Bonchev–Trinajstić information content (AvgIpc) is 3.10. The Bertz CT molecular complexity index is 817. The van der Waals surface area contributed by atoms with Crippen molar-refractivity contribution < 1.29 is 45.9 Å². The summed E-state index contributed by atoms with van der Waals surface area (Å²) in [6, 6.07) is 8.01. The normalized spacial score (nSPS) is 29.2. The predicted octanol–water partition coefficient (Wildman–Crippen LogP) is 0.129. The van der Waals surface area contributed by atoms with Gasteiger partial charge >= 0.3 is 5.97 Å². The van der Waals surface area contributed by atoms with E-state index in [-0.39, 0.29) is 23.1 Å². The molecule has 0 amide bonds. The number of fused-ring (bicyclic) bond motifs is 5. The predicted molar refractivity (Wildman–Crippen MR) is 121 cm³/mol. The molecule has 6 nitrogen and oxygen atoms in total. The molecule has 5 heterocycles. The number of ether oxygens (including phenoxy) is 2. The molecule has 0 radical (unpaired) electrons. The number of morpholine rings is 1. The van der Waals surface area contributed by atoms with Gasteiger partial charge in [-0.2, -0.15) is 0 Å². The first kappa shape index (κ1) is 25.8. The molecule has 0 spiro atoms. The number of unbranched alkanes of at least 4 members (excludes halogenated alkanes) is 1. The molecule has 3 saturated heterocycles. The fourth-order valence-corrected chi connectivity index (χ4v) is 6.70. The van der Waals surface area contributed by atoms with Gasteiger partial charge in [-0.05, 0) is 29.3 Å². The van der Waals surface area contributed by atoms with Crippen LogP contribution in [0.1, 0.15) is 42.4 Å². The van der Waals surface area contributed by atoms with E-state index in [2.05, 4.69) is 21.0 Å². The van der Waals surface area contributed by atoms with Gasteiger partial charge in [0.1, 0.15) is 30.4 Å². The molecular weight excluding hydrogens is 514 g/mol. The van der Waals surface area contributed by atoms with E-state index < -0.39 is 11.6 Å². The minimum atomic E-state index is -1.72. The standard InChI is InChI=1S/C19H22NO4S2.C4H10O.BrH/c1-20(2)12-9-11(10-13(20)17-16(12)24-17)23-18(21)19(22,14-5-3-7-25-14)15-6-4-8-26-15;1-2-3-4-5;/h3-8,11-13,16-17,22H,9-10H2,1-2H3;5H,2-4H2,1H3;1H/q+1;;/p-1/t11-,12-,13+,16-,17+;;. The van der Waals surface area contributed by atoms with Crippen LogP contribution < -0.4 is 17.0 Å². The molecule has 0 saturated carbocycles. The number of hydrogen-bond acceptors (Lipinski definition) is 7. The van der Waals surface area contributed by atoms with E-state index in [1.54, 1.807) is 12.1 Å². The molecule has 3 aliphatic heterocycles. The Morgan fingerprint density at radius 1 is 1.16 bits per heavy atom. The van der Waals surface area contributed by atoms with Crippen molar-refractivity contribution in [3.63, 3.8) is 0 Å². The van der Waals surface area contributed by atoms with E-state index in [0.29, 0.717) is 40.7 Å². The molecule has 5 rings (SSSR count). The van der Waals surface area contributed by atoms with Crippen LogP contribution in [0.4, 0.5) is 0 Å². The number of likely N-dealkylation sites (N-methyl/N-ethyl adjacent to an activating group) is 1. The van der Waals surface area contributed by atoms with E-state index in [0.717, 1.165) is 30.2 Å². The van der Waals surface area contributed by atoms with Crippen LogP contribution in [0.5, 0.6) is 0 Å². The van der Waals surface area contributed by atoms with Gasteiger partial charge in [-0.25, -0.2) is 4.79 Å². The zero-order valence-electron chi connectivity index (χ0n) is 18.6. The lowest BCUT2D eigenvalue weighted by molar-refractivity contribution is -0.938. The van der Waals surface area contributed by atoms with Crippen LogP contribution in [0, 0.1) is 0 Å². The first-order valence-electron chi connectivity index (χ1n) is 10.9. The smallest absolute Gasteiger partial charge is 0.349 e. The van der Waals surface area contributed by atoms with E-state index in [9.17, 15) is 9.90 Å². The molecule has 2 aromatic heterocycles. The number of quaternary nitrogens is 1. The van der Waals surface area contributed by atoms with Crippen molar-refractivity contribution in [2.24, 2.45) is 0 Å². The molecule has 3 fully saturated rings. The molecule has 0 aliphatic carbocycles. The third-order valence-corrected chi connectivity index (χ3v) is 8.83. The average molecular weight is 547 g/mol. The lowest BCUT2D eigenvalue weighted by Crippen LogP contribution is -3.00. The summed E-state index contributed by atoms with van der Waals surface area (Å²) >= 11 is 2.74. The van der Waals surface area contributed by atoms with E-state index >= 15 is 0 Å².